The molecule has 1 heterocycles. The van der Waals surface area contributed by atoms with Crippen molar-refractivity contribution in [3.63, 3.8) is 0 Å². The molecule has 0 spiro atoms. The largest absolute Gasteiger partial charge is 0.388 e. The number of hydrogen-bond donors (Lipinski definition) is 1. The molecule has 0 unspecified atom stereocenters. The zero-order valence-corrected chi connectivity index (χ0v) is 8.37. The zero-order valence-electron chi connectivity index (χ0n) is 8.37. The summed E-state index contributed by atoms with van der Waals surface area (Å²) in [5, 5.41) is 9.14. The molecule has 2 rings (SSSR count). The summed E-state index contributed by atoms with van der Waals surface area (Å²) in [5.74, 6) is 0. The fourth-order valence-electron chi connectivity index (χ4n) is 1.37. The van der Waals surface area contributed by atoms with E-state index in [2.05, 4.69) is 0 Å². The van der Waals surface area contributed by atoms with Crippen molar-refractivity contribution >= 4 is 6.08 Å². The van der Waals surface area contributed by atoms with E-state index in [1.165, 1.54) is 0 Å². The minimum Gasteiger partial charge on any atom is -0.388 e. The summed E-state index contributed by atoms with van der Waals surface area (Å²) < 4.78 is 10.5. The number of aliphatic hydroxyl groups is 1. The summed E-state index contributed by atoms with van der Waals surface area (Å²) in [7, 11) is 0. The van der Waals surface area contributed by atoms with E-state index in [1.807, 2.05) is 42.5 Å². The number of benzene rings is 1. The van der Waals surface area contributed by atoms with Crippen molar-refractivity contribution in [2.24, 2.45) is 0 Å². The van der Waals surface area contributed by atoms with Crippen LogP contribution in [-0.4, -0.2) is 30.7 Å². The Hall–Kier alpha value is -1.16. The molecule has 0 aromatic heterocycles. The third-order valence-corrected chi connectivity index (χ3v) is 2.15. The first kappa shape index (κ1) is 10.4. The zero-order chi connectivity index (χ0) is 10.5. The van der Waals surface area contributed by atoms with E-state index in [4.69, 9.17) is 14.6 Å². The molecule has 1 fully saturated rings. The fourth-order valence-corrected chi connectivity index (χ4v) is 1.37. The van der Waals surface area contributed by atoms with E-state index < -0.39 is 6.10 Å². The van der Waals surface area contributed by atoms with Gasteiger partial charge < -0.3 is 14.6 Å². The van der Waals surface area contributed by atoms with Gasteiger partial charge in [0, 0.05) is 0 Å². The SMILES string of the molecule is OC1COC(C=Cc2ccccc2)OC1. The van der Waals surface area contributed by atoms with E-state index >= 15 is 0 Å². The second-order valence-corrected chi connectivity index (χ2v) is 3.46. The van der Waals surface area contributed by atoms with Crippen LogP contribution in [0.4, 0.5) is 0 Å². The Morgan fingerprint density at radius 2 is 1.80 bits per heavy atom. The van der Waals surface area contributed by atoms with Crippen molar-refractivity contribution in [2.75, 3.05) is 13.2 Å². The van der Waals surface area contributed by atoms with E-state index in [-0.39, 0.29) is 6.29 Å². The number of aliphatic hydroxyl groups excluding tert-OH is 1. The molecule has 80 valence electrons. The van der Waals surface area contributed by atoms with Crippen LogP contribution in [0, 0.1) is 0 Å². The molecule has 1 aliphatic rings. The van der Waals surface area contributed by atoms with Gasteiger partial charge >= 0.3 is 0 Å². The van der Waals surface area contributed by atoms with E-state index in [0.717, 1.165) is 5.56 Å². The summed E-state index contributed by atoms with van der Waals surface area (Å²) >= 11 is 0. The maximum Gasteiger partial charge on any atom is 0.177 e. The minimum absolute atomic E-state index is 0.337. The molecule has 1 aliphatic heterocycles. The van der Waals surface area contributed by atoms with Crippen molar-refractivity contribution in [3.05, 3.63) is 42.0 Å². The van der Waals surface area contributed by atoms with Gasteiger partial charge in [0.15, 0.2) is 6.29 Å². The summed E-state index contributed by atoms with van der Waals surface area (Å²) in [5.41, 5.74) is 1.11. The lowest BCUT2D eigenvalue weighted by atomic mass is 10.2. The molecule has 3 heteroatoms. The summed E-state index contributed by atoms with van der Waals surface area (Å²) in [6.07, 6.45) is 2.96. The Balaban J connectivity index is 1.89. The predicted octanol–water partition coefficient (Wildman–Crippen LogP) is 1.43. The molecule has 0 radical (unpaired) electrons. The highest BCUT2D eigenvalue weighted by Crippen LogP contribution is 2.09. The van der Waals surface area contributed by atoms with Gasteiger partial charge in [0.25, 0.3) is 0 Å². The van der Waals surface area contributed by atoms with Crippen LogP contribution in [-0.2, 0) is 9.47 Å². The van der Waals surface area contributed by atoms with Crippen molar-refractivity contribution in [2.45, 2.75) is 12.4 Å². The van der Waals surface area contributed by atoms with Crippen LogP contribution in [0.3, 0.4) is 0 Å². The van der Waals surface area contributed by atoms with E-state index in [1.54, 1.807) is 0 Å². The maximum atomic E-state index is 9.14. The second kappa shape index (κ2) is 5.07. The lowest BCUT2D eigenvalue weighted by Crippen LogP contribution is -2.34. The monoisotopic (exact) mass is 206 g/mol. The van der Waals surface area contributed by atoms with Crippen molar-refractivity contribution in [3.8, 4) is 0 Å². The first-order valence-electron chi connectivity index (χ1n) is 4.99. The quantitative estimate of drug-likeness (QED) is 0.795. The van der Waals surface area contributed by atoms with Crippen molar-refractivity contribution in [1.82, 2.24) is 0 Å². The van der Waals surface area contributed by atoms with Gasteiger partial charge in [-0.1, -0.05) is 36.4 Å². The summed E-state index contributed by atoms with van der Waals surface area (Å²) in [6.45, 7) is 0.674. The van der Waals surface area contributed by atoms with Crippen LogP contribution in [0.2, 0.25) is 0 Å². The highest BCUT2D eigenvalue weighted by Gasteiger charge is 2.17. The van der Waals surface area contributed by atoms with Gasteiger partial charge in [0.05, 0.1) is 13.2 Å². The van der Waals surface area contributed by atoms with Gasteiger partial charge in [-0.2, -0.15) is 0 Å². The normalized spacial score (nSPS) is 27.0. The summed E-state index contributed by atoms with van der Waals surface area (Å²) in [6, 6.07) is 9.95. The molecule has 0 bridgehead atoms. The molecule has 1 aromatic carbocycles. The van der Waals surface area contributed by atoms with Gasteiger partial charge in [-0.3, -0.25) is 0 Å². The highest BCUT2D eigenvalue weighted by molar-refractivity contribution is 5.48. The first-order chi connectivity index (χ1) is 7.34. The Morgan fingerprint density at radius 3 is 2.47 bits per heavy atom. The Kier molecular flexibility index (Phi) is 3.50. The van der Waals surface area contributed by atoms with Crippen LogP contribution in [0.15, 0.2) is 36.4 Å². The Morgan fingerprint density at radius 1 is 1.13 bits per heavy atom. The molecule has 0 atom stereocenters. The highest BCUT2D eigenvalue weighted by atomic mass is 16.7. The molecular formula is C12H14O3. The lowest BCUT2D eigenvalue weighted by molar-refractivity contribution is -0.192. The van der Waals surface area contributed by atoms with Gasteiger partial charge in [0.1, 0.15) is 6.10 Å². The topological polar surface area (TPSA) is 38.7 Å². The third-order valence-electron chi connectivity index (χ3n) is 2.15. The molecule has 3 nitrogen and oxygen atoms in total. The van der Waals surface area contributed by atoms with E-state index in [0.29, 0.717) is 13.2 Å². The standard InChI is InChI=1S/C12H14O3/c13-11-8-14-12(15-9-11)7-6-10-4-2-1-3-5-10/h1-7,11-13H,8-9H2. The lowest BCUT2D eigenvalue weighted by Gasteiger charge is -2.24. The fraction of sp³-hybridized carbons (Fsp3) is 0.333. The molecule has 1 N–H and O–H groups in total. The molecule has 0 saturated carbocycles. The minimum atomic E-state index is -0.494. The average molecular weight is 206 g/mol. The van der Waals surface area contributed by atoms with E-state index in [9.17, 15) is 0 Å². The molecular weight excluding hydrogens is 192 g/mol. The predicted molar refractivity (Wildman–Crippen MR) is 57.2 cm³/mol. The third kappa shape index (κ3) is 3.16. The smallest absolute Gasteiger partial charge is 0.177 e. The molecule has 1 aromatic rings. The van der Waals surface area contributed by atoms with Gasteiger partial charge in [-0.05, 0) is 11.6 Å². The molecule has 0 aliphatic carbocycles. The first-order valence-corrected chi connectivity index (χ1v) is 4.99. The number of hydrogen-bond acceptors (Lipinski definition) is 3. The Labute approximate surface area is 88.9 Å². The summed E-state index contributed by atoms with van der Waals surface area (Å²) in [4.78, 5) is 0. The van der Waals surface area contributed by atoms with Crippen LogP contribution < -0.4 is 0 Å². The second-order valence-electron chi connectivity index (χ2n) is 3.46. The van der Waals surface area contributed by atoms with Crippen molar-refractivity contribution < 1.29 is 14.6 Å². The average Bonchev–Trinajstić information content (AvgIpc) is 2.30. The van der Waals surface area contributed by atoms with Crippen molar-refractivity contribution in [1.29, 1.82) is 0 Å². The Bertz CT molecular complexity index is 313. The maximum absolute atomic E-state index is 9.14. The van der Waals surface area contributed by atoms with Gasteiger partial charge in [-0.25, -0.2) is 0 Å². The molecule has 15 heavy (non-hydrogen) atoms. The molecule has 1 saturated heterocycles. The van der Waals surface area contributed by atoms with Crippen LogP contribution in [0.5, 0.6) is 0 Å². The molecule has 0 amide bonds. The number of rotatable bonds is 2. The van der Waals surface area contributed by atoms with Crippen LogP contribution in [0.25, 0.3) is 6.08 Å². The van der Waals surface area contributed by atoms with Gasteiger partial charge in [-0.15, -0.1) is 0 Å². The van der Waals surface area contributed by atoms with Crippen LogP contribution >= 0.6 is 0 Å². The van der Waals surface area contributed by atoms with Crippen LogP contribution in [0.1, 0.15) is 5.56 Å². The number of ether oxygens (including phenoxy) is 2. The van der Waals surface area contributed by atoms with Gasteiger partial charge in [0.2, 0.25) is 0 Å².